The van der Waals surface area contributed by atoms with Gasteiger partial charge < -0.3 is 15.0 Å². The summed E-state index contributed by atoms with van der Waals surface area (Å²) in [6.45, 7) is 0.835. The maximum atomic E-state index is 12.4. The predicted molar refractivity (Wildman–Crippen MR) is 89.6 cm³/mol. The number of aromatic amines is 2. The van der Waals surface area contributed by atoms with Crippen LogP contribution in [0.5, 0.6) is 5.88 Å². The number of rotatable bonds is 1. The number of aromatic hydroxyl groups is 1. The van der Waals surface area contributed by atoms with Crippen LogP contribution in [-0.4, -0.2) is 33.2 Å². The second-order valence-corrected chi connectivity index (χ2v) is 6.40. The molecule has 1 aromatic carbocycles. The summed E-state index contributed by atoms with van der Waals surface area (Å²) < 4.78 is 1.07. The molecule has 0 bridgehead atoms. The largest absolute Gasteiger partial charge is 0.494 e. The number of fused-ring (bicyclic) bond motifs is 3. The summed E-state index contributed by atoms with van der Waals surface area (Å²) >= 11 is 0. The highest BCUT2D eigenvalue weighted by Gasteiger charge is 2.37. The average Bonchev–Trinajstić information content (AvgIpc) is 2.93. The van der Waals surface area contributed by atoms with Crippen LogP contribution >= 0.6 is 0 Å². The van der Waals surface area contributed by atoms with Gasteiger partial charge in [-0.2, -0.15) is 0 Å². The second kappa shape index (κ2) is 5.10. The Morgan fingerprint density at radius 2 is 2.00 bits per heavy atom. The smallest absolute Gasteiger partial charge is 0.330 e. The minimum Gasteiger partial charge on any atom is -0.494 e. The van der Waals surface area contributed by atoms with E-state index in [0.29, 0.717) is 0 Å². The van der Waals surface area contributed by atoms with E-state index >= 15 is 0 Å². The molecule has 0 spiro atoms. The van der Waals surface area contributed by atoms with Crippen LogP contribution in [0, 0.1) is 0 Å². The summed E-state index contributed by atoms with van der Waals surface area (Å²) in [6.07, 6.45) is 0.895. The molecule has 2 aromatic heterocycles. The Balaban J connectivity index is 2.03. The summed E-state index contributed by atoms with van der Waals surface area (Å²) in [4.78, 5) is 30.9. The van der Waals surface area contributed by atoms with Gasteiger partial charge in [0.2, 0.25) is 5.88 Å². The zero-order valence-electron chi connectivity index (χ0n) is 13.5. The molecule has 0 saturated heterocycles. The SMILES string of the molecule is Cn1c(O)c([C@@H]2c3[nH]c4ccccc4c3CC[NH+]2C)c(=O)[nH]c1=O. The molecular formula is C17H19N4O3+. The van der Waals surface area contributed by atoms with E-state index in [1.54, 1.807) is 0 Å². The van der Waals surface area contributed by atoms with Crippen molar-refractivity contribution in [2.45, 2.75) is 12.5 Å². The Bertz CT molecular complexity index is 1060. The molecule has 0 fully saturated rings. The monoisotopic (exact) mass is 327 g/mol. The first-order chi connectivity index (χ1) is 11.5. The maximum Gasteiger partial charge on any atom is 0.330 e. The molecule has 0 amide bonds. The number of para-hydroxylation sites is 1. The van der Waals surface area contributed by atoms with E-state index in [4.69, 9.17) is 0 Å². The van der Waals surface area contributed by atoms with Crippen molar-refractivity contribution in [3.8, 4) is 5.88 Å². The van der Waals surface area contributed by atoms with E-state index in [1.165, 1.54) is 12.6 Å². The number of hydrogen-bond donors (Lipinski definition) is 4. The summed E-state index contributed by atoms with van der Waals surface area (Å²) in [5.41, 5.74) is 2.19. The van der Waals surface area contributed by atoms with Gasteiger partial charge in [-0.25, -0.2) is 4.79 Å². The van der Waals surface area contributed by atoms with Gasteiger partial charge >= 0.3 is 5.69 Å². The van der Waals surface area contributed by atoms with Gasteiger partial charge in [0.1, 0.15) is 5.56 Å². The third-order valence-electron chi connectivity index (χ3n) is 5.01. The molecule has 2 atom stereocenters. The molecule has 7 nitrogen and oxygen atoms in total. The van der Waals surface area contributed by atoms with Crippen molar-refractivity contribution in [3.05, 3.63) is 61.9 Å². The highest BCUT2D eigenvalue weighted by atomic mass is 16.3. The zero-order valence-corrected chi connectivity index (χ0v) is 13.5. The lowest BCUT2D eigenvalue weighted by Crippen LogP contribution is -3.10. The van der Waals surface area contributed by atoms with Gasteiger partial charge in [0.05, 0.1) is 19.3 Å². The fourth-order valence-corrected chi connectivity index (χ4v) is 3.73. The molecule has 0 radical (unpaired) electrons. The topological polar surface area (TPSA) is 95.3 Å². The first-order valence-electron chi connectivity index (χ1n) is 7.93. The minimum atomic E-state index is -0.619. The molecular weight excluding hydrogens is 308 g/mol. The van der Waals surface area contributed by atoms with Gasteiger partial charge in [-0.3, -0.25) is 14.3 Å². The van der Waals surface area contributed by atoms with Crippen LogP contribution in [0.25, 0.3) is 10.9 Å². The van der Waals surface area contributed by atoms with Gasteiger partial charge in [-0.05, 0) is 11.6 Å². The Morgan fingerprint density at radius 3 is 2.79 bits per heavy atom. The summed E-state index contributed by atoms with van der Waals surface area (Å²) in [7, 11) is 3.44. The number of hydrogen-bond acceptors (Lipinski definition) is 3. The van der Waals surface area contributed by atoms with E-state index in [9.17, 15) is 14.7 Å². The van der Waals surface area contributed by atoms with E-state index in [0.717, 1.165) is 39.0 Å². The number of H-pyrrole nitrogens is 2. The quantitative estimate of drug-likeness (QED) is 0.482. The van der Waals surface area contributed by atoms with Crippen molar-refractivity contribution in [3.63, 3.8) is 0 Å². The van der Waals surface area contributed by atoms with Crippen LogP contribution in [0.4, 0.5) is 0 Å². The van der Waals surface area contributed by atoms with Crippen LogP contribution in [0.15, 0.2) is 33.9 Å². The lowest BCUT2D eigenvalue weighted by Gasteiger charge is -2.29. The molecule has 4 rings (SSSR count). The minimum absolute atomic E-state index is 0.224. The lowest BCUT2D eigenvalue weighted by atomic mass is 9.94. The van der Waals surface area contributed by atoms with Crippen molar-refractivity contribution in [1.82, 2.24) is 14.5 Å². The molecule has 0 aliphatic carbocycles. The van der Waals surface area contributed by atoms with E-state index < -0.39 is 11.2 Å². The first-order valence-corrected chi connectivity index (χ1v) is 7.93. The number of quaternary nitrogens is 1. The summed E-state index contributed by atoms with van der Waals surface area (Å²) in [5.74, 6) is -0.278. The molecule has 7 heteroatoms. The van der Waals surface area contributed by atoms with Crippen LogP contribution in [0.1, 0.15) is 22.9 Å². The molecule has 24 heavy (non-hydrogen) atoms. The average molecular weight is 327 g/mol. The molecule has 124 valence electrons. The van der Waals surface area contributed by atoms with Gasteiger partial charge in [-0.1, -0.05) is 18.2 Å². The normalized spacial score (nSPS) is 20.2. The van der Waals surface area contributed by atoms with E-state index in [2.05, 4.69) is 16.0 Å². The number of benzene rings is 1. The van der Waals surface area contributed by atoms with Gasteiger partial charge in [-0.15, -0.1) is 0 Å². The summed E-state index contributed by atoms with van der Waals surface area (Å²) in [6, 6.07) is 7.68. The number of likely N-dealkylation sites (N-methyl/N-ethyl adjacent to an activating group) is 1. The van der Waals surface area contributed by atoms with Crippen LogP contribution < -0.4 is 16.1 Å². The Labute approximate surface area is 137 Å². The molecule has 1 unspecified atom stereocenters. The van der Waals surface area contributed by atoms with E-state index in [1.807, 2.05) is 25.2 Å². The molecule has 1 aliphatic heterocycles. The van der Waals surface area contributed by atoms with Crippen molar-refractivity contribution >= 4 is 10.9 Å². The number of aromatic nitrogens is 3. The highest BCUT2D eigenvalue weighted by Crippen LogP contribution is 2.32. The maximum absolute atomic E-state index is 12.4. The zero-order chi connectivity index (χ0) is 17.0. The van der Waals surface area contributed by atoms with Gasteiger partial charge in [0, 0.05) is 24.4 Å². The van der Waals surface area contributed by atoms with Gasteiger partial charge in [0.15, 0.2) is 6.04 Å². The fraction of sp³-hybridized carbons (Fsp3) is 0.294. The Kier molecular flexibility index (Phi) is 3.14. The second-order valence-electron chi connectivity index (χ2n) is 6.40. The van der Waals surface area contributed by atoms with Gasteiger partial charge in [0.25, 0.3) is 5.56 Å². The summed E-state index contributed by atoms with van der Waals surface area (Å²) in [5, 5.41) is 11.6. The number of nitrogens with one attached hydrogen (secondary N) is 3. The third-order valence-corrected chi connectivity index (χ3v) is 5.01. The van der Waals surface area contributed by atoms with Crippen molar-refractivity contribution < 1.29 is 10.0 Å². The molecule has 3 heterocycles. The van der Waals surface area contributed by atoms with Crippen LogP contribution in [-0.2, 0) is 13.5 Å². The Morgan fingerprint density at radius 1 is 1.25 bits per heavy atom. The van der Waals surface area contributed by atoms with Crippen LogP contribution in [0.2, 0.25) is 0 Å². The lowest BCUT2D eigenvalue weighted by molar-refractivity contribution is -0.908. The third kappa shape index (κ3) is 1.94. The first kappa shape index (κ1) is 14.8. The predicted octanol–water partition coefficient (Wildman–Crippen LogP) is -0.579. The fourth-order valence-electron chi connectivity index (χ4n) is 3.73. The van der Waals surface area contributed by atoms with Crippen molar-refractivity contribution in [2.75, 3.05) is 13.6 Å². The highest BCUT2D eigenvalue weighted by molar-refractivity contribution is 5.85. The molecule has 3 aromatic rings. The molecule has 4 N–H and O–H groups in total. The molecule has 0 saturated carbocycles. The van der Waals surface area contributed by atoms with Crippen molar-refractivity contribution in [1.29, 1.82) is 0 Å². The van der Waals surface area contributed by atoms with Crippen molar-refractivity contribution in [2.24, 2.45) is 7.05 Å². The Hall–Kier alpha value is -2.80. The number of nitrogens with zero attached hydrogens (tertiary/aromatic N) is 1. The standard InChI is InChI=1S/C17H18N4O3/c1-20-8-7-10-9-5-3-4-6-11(9)18-13(10)14(20)12-15(22)19-17(24)21(2)16(12)23/h3-6,14,18,23H,7-8H2,1-2H3,(H,19,22,24)/p+1/t14-/m1/s1. The van der Waals surface area contributed by atoms with E-state index in [-0.39, 0.29) is 17.5 Å². The van der Waals surface area contributed by atoms with Crippen LogP contribution in [0.3, 0.4) is 0 Å². The molecule has 1 aliphatic rings.